The van der Waals surface area contributed by atoms with Gasteiger partial charge in [0.15, 0.2) is 0 Å². The molecule has 0 aliphatic carbocycles. The molecule has 0 radical (unpaired) electrons. The van der Waals surface area contributed by atoms with Crippen molar-refractivity contribution in [1.82, 2.24) is 25.4 Å². The van der Waals surface area contributed by atoms with E-state index >= 15 is 0 Å². The SMILES string of the molecule is CCn1cnnc1CNC(C)CNC(=O)OC(C)(C)C. The molecule has 1 amide bonds. The summed E-state index contributed by atoms with van der Waals surface area (Å²) in [5, 5.41) is 13.9. The number of aryl methyl sites for hydroxylation is 1. The van der Waals surface area contributed by atoms with Crippen LogP contribution in [0.5, 0.6) is 0 Å². The summed E-state index contributed by atoms with van der Waals surface area (Å²) in [7, 11) is 0. The smallest absolute Gasteiger partial charge is 0.407 e. The second-order valence-electron chi connectivity index (χ2n) is 5.70. The Morgan fingerprint density at radius 1 is 1.50 bits per heavy atom. The molecule has 0 saturated carbocycles. The van der Waals surface area contributed by atoms with E-state index in [1.165, 1.54) is 0 Å². The zero-order valence-corrected chi connectivity index (χ0v) is 12.9. The molecule has 0 fully saturated rings. The largest absolute Gasteiger partial charge is 0.444 e. The van der Waals surface area contributed by atoms with E-state index in [0.717, 1.165) is 12.4 Å². The molecule has 0 aromatic carbocycles. The average Bonchev–Trinajstić information content (AvgIpc) is 2.79. The molecule has 2 N–H and O–H groups in total. The van der Waals surface area contributed by atoms with Crippen LogP contribution in [0.15, 0.2) is 6.33 Å². The highest BCUT2D eigenvalue weighted by Gasteiger charge is 2.16. The van der Waals surface area contributed by atoms with Crippen molar-refractivity contribution in [1.29, 1.82) is 0 Å². The predicted molar refractivity (Wildman–Crippen MR) is 76.2 cm³/mol. The summed E-state index contributed by atoms with van der Waals surface area (Å²) >= 11 is 0. The van der Waals surface area contributed by atoms with Crippen molar-refractivity contribution >= 4 is 6.09 Å². The van der Waals surface area contributed by atoms with E-state index < -0.39 is 11.7 Å². The molecule has 1 heterocycles. The second-order valence-corrected chi connectivity index (χ2v) is 5.70. The first-order chi connectivity index (χ1) is 9.31. The maximum Gasteiger partial charge on any atom is 0.407 e. The van der Waals surface area contributed by atoms with Gasteiger partial charge in [0.2, 0.25) is 0 Å². The van der Waals surface area contributed by atoms with Crippen molar-refractivity contribution in [2.24, 2.45) is 0 Å². The van der Waals surface area contributed by atoms with E-state index in [2.05, 4.69) is 20.8 Å². The average molecular weight is 283 g/mol. The van der Waals surface area contributed by atoms with Gasteiger partial charge in [-0.05, 0) is 34.6 Å². The van der Waals surface area contributed by atoms with E-state index in [4.69, 9.17) is 4.74 Å². The fraction of sp³-hybridized carbons (Fsp3) is 0.769. The fourth-order valence-electron chi connectivity index (χ4n) is 1.57. The first-order valence-electron chi connectivity index (χ1n) is 6.88. The Balaban J connectivity index is 2.27. The van der Waals surface area contributed by atoms with Crippen LogP contribution >= 0.6 is 0 Å². The second kappa shape index (κ2) is 7.23. The van der Waals surface area contributed by atoms with Gasteiger partial charge in [0.25, 0.3) is 0 Å². The molecule has 1 unspecified atom stereocenters. The fourth-order valence-corrected chi connectivity index (χ4v) is 1.57. The Bertz CT molecular complexity index is 425. The molecule has 0 bridgehead atoms. The van der Waals surface area contributed by atoms with Gasteiger partial charge in [0.05, 0.1) is 6.54 Å². The first-order valence-corrected chi connectivity index (χ1v) is 6.88. The number of nitrogens with zero attached hydrogens (tertiary/aromatic N) is 3. The lowest BCUT2D eigenvalue weighted by atomic mass is 10.2. The topological polar surface area (TPSA) is 81.1 Å². The highest BCUT2D eigenvalue weighted by molar-refractivity contribution is 5.67. The highest BCUT2D eigenvalue weighted by Crippen LogP contribution is 2.06. The third-order valence-corrected chi connectivity index (χ3v) is 2.60. The van der Waals surface area contributed by atoms with Gasteiger partial charge in [-0.1, -0.05) is 0 Å². The maximum absolute atomic E-state index is 11.5. The van der Waals surface area contributed by atoms with Crippen LogP contribution in [0.2, 0.25) is 0 Å². The molecule has 0 spiro atoms. The third kappa shape index (κ3) is 6.01. The van der Waals surface area contributed by atoms with Gasteiger partial charge in [0.1, 0.15) is 17.8 Å². The van der Waals surface area contributed by atoms with Gasteiger partial charge >= 0.3 is 6.09 Å². The van der Waals surface area contributed by atoms with Crippen LogP contribution in [0.25, 0.3) is 0 Å². The summed E-state index contributed by atoms with van der Waals surface area (Å²) in [6.07, 6.45) is 1.31. The molecule has 0 aliphatic heterocycles. The lowest BCUT2D eigenvalue weighted by Crippen LogP contribution is -2.41. The van der Waals surface area contributed by atoms with Crippen molar-refractivity contribution in [2.45, 2.75) is 59.4 Å². The number of hydrogen-bond acceptors (Lipinski definition) is 5. The molecular weight excluding hydrogens is 258 g/mol. The summed E-state index contributed by atoms with van der Waals surface area (Å²) in [6, 6.07) is 0.115. The van der Waals surface area contributed by atoms with Gasteiger partial charge < -0.3 is 19.9 Å². The maximum atomic E-state index is 11.5. The van der Waals surface area contributed by atoms with Crippen LogP contribution in [-0.4, -0.2) is 39.0 Å². The predicted octanol–water partition coefficient (Wildman–Crippen LogP) is 1.30. The minimum Gasteiger partial charge on any atom is -0.444 e. The molecule has 1 rings (SSSR count). The standard InChI is InChI=1S/C13H25N5O2/c1-6-18-9-16-17-11(18)8-14-10(2)7-15-12(19)20-13(3,4)5/h9-10,14H,6-8H2,1-5H3,(H,15,19). The number of nitrogens with one attached hydrogen (secondary N) is 2. The minimum absolute atomic E-state index is 0.115. The summed E-state index contributed by atoms with van der Waals surface area (Å²) in [5.41, 5.74) is -0.474. The van der Waals surface area contributed by atoms with Crippen molar-refractivity contribution < 1.29 is 9.53 Å². The molecule has 7 nitrogen and oxygen atoms in total. The summed E-state index contributed by atoms with van der Waals surface area (Å²) in [6.45, 7) is 11.5. The Labute approximate surface area is 120 Å². The van der Waals surface area contributed by atoms with Gasteiger partial charge in [-0.2, -0.15) is 0 Å². The number of carbonyl (C=O) groups is 1. The number of rotatable bonds is 6. The zero-order valence-electron chi connectivity index (χ0n) is 12.9. The van der Waals surface area contributed by atoms with Gasteiger partial charge in [0, 0.05) is 19.1 Å². The third-order valence-electron chi connectivity index (χ3n) is 2.60. The monoisotopic (exact) mass is 283 g/mol. The van der Waals surface area contributed by atoms with Gasteiger partial charge in [-0.3, -0.25) is 0 Å². The van der Waals surface area contributed by atoms with Crippen LogP contribution in [0.3, 0.4) is 0 Å². The van der Waals surface area contributed by atoms with Crippen LogP contribution in [0.4, 0.5) is 4.79 Å². The molecule has 0 aliphatic rings. The Hall–Kier alpha value is -1.63. The molecule has 1 aromatic rings. The molecule has 20 heavy (non-hydrogen) atoms. The molecule has 1 atom stereocenters. The number of ether oxygens (including phenoxy) is 1. The number of carbonyl (C=O) groups excluding carboxylic acids is 1. The number of amides is 1. The zero-order chi connectivity index (χ0) is 15.2. The number of aromatic nitrogens is 3. The summed E-state index contributed by atoms with van der Waals surface area (Å²) in [5.74, 6) is 0.886. The summed E-state index contributed by atoms with van der Waals surface area (Å²) < 4.78 is 7.14. The van der Waals surface area contributed by atoms with E-state index in [-0.39, 0.29) is 6.04 Å². The Morgan fingerprint density at radius 3 is 2.80 bits per heavy atom. The quantitative estimate of drug-likeness (QED) is 0.822. The van der Waals surface area contributed by atoms with Crippen molar-refractivity contribution in [3.63, 3.8) is 0 Å². The van der Waals surface area contributed by atoms with E-state index in [9.17, 15) is 4.79 Å². The summed E-state index contributed by atoms with van der Waals surface area (Å²) in [4.78, 5) is 11.5. The lowest BCUT2D eigenvalue weighted by molar-refractivity contribution is 0.0523. The van der Waals surface area contributed by atoms with Crippen LogP contribution in [-0.2, 0) is 17.8 Å². The number of hydrogen-bond donors (Lipinski definition) is 2. The normalized spacial score (nSPS) is 13.1. The van der Waals surface area contributed by atoms with Crippen molar-refractivity contribution in [3.8, 4) is 0 Å². The molecule has 114 valence electrons. The molecule has 1 aromatic heterocycles. The van der Waals surface area contributed by atoms with E-state index in [1.807, 2.05) is 39.2 Å². The van der Waals surface area contributed by atoms with Crippen molar-refractivity contribution in [3.05, 3.63) is 12.2 Å². The molecular formula is C13H25N5O2. The van der Waals surface area contributed by atoms with E-state index in [0.29, 0.717) is 13.1 Å². The molecule has 7 heteroatoms. The van der Waals surface area contributed by atoms with Gasteiger partial charge in [-0.25, -0.2) is 4.79 Å². The van der Waals surface area contributed by atoms with E-state index in [1.54, 1.807) is 6.33 Å². The van der Waals surface area contributed by atoms with Crippen LogP contribution < -0.4 is 10.6 Å². The van der Waals surface area contributed by atoms with Gasteiger partial charge in [-0.15, -0.1) is 10.2 Å². The Kier molecular flexibility index (Phi) is 5.94. The van der Waals surface area contributed by atoms with Crippen molar-refractivity contribution in [2.75, 3.05) is 6.54 Å². The lowest BCUT2D eigenvalue weighted by Gasteiger charge is -2.21. The Morgan fingerprint density at radius 2 is 2.20 bits per heavy atom. The minimum atomic E-state index is -0.474. The van der Waals surface area contributed by atoms with Crippen LogP contribution in [0, 0.1) is 0 Å². The molecule has 0 saturated heterocycles. The first kappa shape index (κ1) is 16.4. The highest BCUT2D eigenvalue weighted by atomic mass is 16.6. The number of alkyl carbamates (subject to hydrolysis) is 1. The van der Waals surface area contributed by atoms with Crippen LogP contribution in [0.1, 0.15) is 40.4 Å².